The molecule has 3 aromatic rings. The van der Waals surface area contributed by atoms with Crippen LogP contribution in [0.2, 0.25) is 0 Å². The van der Waals surface area contributed by atoms with Gasteiger partial charge in [0.1, 0.15) is 12.4 Å². The Morgan fingerprint density at radius 2 is 1.89 bits per heavy atom. The third-order valence-corrected chi connectivity index (χ3v) is 4.76. The Balaban J connectivity index is 1.68. The van der Waals surface area contributed by atoms with Gasteiger partial charge in [0.25, 0.3) is 0 Å². The number of hydrogen-bond acceptors (Lipinski definition) is 5. The maximum Gasteiger partial charge on any atom is 0.248 e. The quantitative estimate of drug-likeness (QED) is 0.459. The van der Waals surface area contributed by atoms with Crippen LogP contribution in [-0.2, 0) is 11.4 Å². The molecule has 0 aliphatic heterocycles. The zero-order valence-electron chi connectivity index (χ0n) is 15.6. The van der Waals surface area contributed by atoms with E-state index in [1.807, 2.05) is 36.6 Å². The van der Waals surface area contributed by atoms with Crippen LogP contribution in [0.15, 0.2) is 60.0 Å². The number of nitrogens with zero attached hydrogens (tertiary/aromatic N) is 1. The molecule has 142 valence electrons. The molecule has 2 aromatic carbocycles. The average molecular weight is 392 g/mol. The zero-order chi connectivity index (χ0) is 19.9. The first-order valence-corrected chi connectivity index (χ1v) is 9.63. The summed E-state index contributed by atoms with van der Waals surface area (Å²) < 4.78 is 5.85. The molecule has 1 aromatic heterocycles. The van der Waals surface area contributed by atoms with E-state index in [1.54, 1.807) is 41.7 Å². The van der Waals surface area contributed by atoms with Gasteiger partial charge < -0.3 is 10.1 Å². The fraction of sp³-hybridized carbons (Fsp3) is 0.136. The normalized spacial score (nSPS) is 10.8. The largest absolute Gasteiger partial charge is 0.487 e. The second-order valence-corrected chi connectivity index (χ2v) is 7.17. The number of Topliss-reactive ketones (excluding diaryl/α,β-unsaturated/α-hetero) is 1. The van der Waals surface area contributed by atoms with E-state index in [2.05, 4.69) is 10.3 Å². The highest BCUT2D eigenvalue weighted by Gasteiger charge is 2.08. The number of hydrogen-bond donors (Lipinski definition) is 1. The van der Waals surface area contributed by atoms with E-state index >= 15 is 0 Å². The van der Waals surface area contributed by atoms with E-state index in [0.29, 0.717) is 23.6 Å². The van der Waals surface area contributed by atoms with E-state index < -0.39 is 0 Å². The Bertz CT molecular complexity index is 1020. The highest BCUT2D eigenvalue weighted by Crippen LogP contribution is 2.22. The van der Waals surface area contributed by atoms with Crippen LogP contribution in [0.5, 0.6) is 5.75 Å². The molecule has 1 amide bonds. The Labute approximate surface area is 167 Å². The number of carbonyl (C=O) groups excluding carboxylic acids is 2. The van der Waals surface area contributed by atoms with Crippen LogP contribution in [0.4, 0.5) is 5.69 Å². The fourth-order valence-corrected chi connectivity index (χ4v) is 3.21. The summed E-state index contributed by atoms with van der Waals surface area (Å²) in [5.74, 6) is 0.246. The molecular formula is C22H20N2O3S. The third-order valence-electron chi connectivity index (χ3n) is 3.94. The van der Waals surface area contributed by atoms with E-state index in [1.165, 1.54) is 13.0 Å². The predicted molar refractivity (Wildman–Crippen MR) is 112 cm³/mol. The van der Waals surface area contributed by atoms with Gasteiger partial charge in [0.05, 0.1) is 16.4 Å². The molecule has 0 atom stereocenters. The molecule has 0 saturated carbocycles. The number of aromatic nitrogens is 1. The van der Waals surface area contributed by atoms with Crippen molar-refractivity contribution in [3.8, 4) is 5.75 Å². The van der Waals surface area contributed by atoms with Crippen LogP contribution in [-0.4, -0.2) is 16.7 Å². The first-order valence-electron chi connectivity index (χ1n) is 8.75. The van der Waals surface area contributed by atoms with Gasteiger partial charge in [0.2, 0.25) is 5.91 Å². The summed E-state index contributed by atoms with van der Waals surface area (Å²) in [7, 11) is 0. The van der Waals surface area contributed by atoms with Gasteiger partial charge in [-0.25, -0.2) is 4.98 Å². The lowest BCUT2D eigenvalue weighted by atomic mass is 10.1. The molecule has 0 bridgehead atoms. The third kappa shape index (κ3) is 5.14. The van der Waals surface area contributed by atoms with Crippen molar-refractivity contribution in [3.05, 3.63) is 81.8 Å². The first-order chi connectivity index (χ1) is 13.5. The molecule has 0 saturated heterocycles. The lowest BCUT2D eigenvalue weighted by molar-refractivity contribution is -0.111. The number of para-hydroxylation sites is 2. The van der Waals surface area contributed by atoms with Crippen LogP contribution >= 0.6 is 11.3 Å². The Morgan fingerprint density at radius 1 is 1.14 bits per heavy atom. The van der Waals surface area contributed by atoms with Gasteiger partial charge in [0, 0.05) is 22.6 Å². The van der Waals surface area contributed by atoms with Gasteiger partial charge in [0.15, 0.2) is 5.78 Å². The molecule has 3 rings (SSSR count). The lowest BCUT2D eigenvalue weighted by Gasteiger charge is -2.08. The summed E-state index contributed by atoms with van der Waals surface area (Å²) in [4.78, 5) is 28.3. The summed E-state index contributed by atoms with van der Waals surface area (Å²) in [6.45, 7) is 3.79. The number of thiazole rings is 1. The van der Waals surface area contributed by atoms with Crippen molar-refractivity contribution in [1.29, 1.82) is 0 Å². The van der Waals surface area contributed by atoms with Gasteiger partial charge in [-0.3, -0.25) is 9.59 Å². The van der Waals surface area contributed by atoms with Gasteiger partial charge in [-0.15, -0.1) is 11.3 Å². The molecule has 6 heteroatoms. The van der Waals surface area contributed by atoms with Crippen LogP contribution in [0, 0.1) is 6.92 Å². The smallest absolute Gasteiger partial charge is 0.248 e. The van der Waals surface area contributed by atoms with E-state index in [9.17, 15) is 9.59 Å². The van der Waals surface area contributed by atoms with Crippen LogP contribution in [0.3, 0.4) is 0 Å². The minimum atomic E-state index is -0.321. The van der Waals surface area contributed by atoms with Gasteiger partial charge >= 0.3 is 0 Å². The second kappa shape index (κ2) is 9.10. The number of rotatable bonds is 7. The van der Waals surface area contributed by atoms with Crippen molar-refractivity contribution in [1.82, 2.24) is 4.98 Å². The topological polar surface area (TPSA) is 68.3 Å². The molecule has 1 heterocycles. The Kier molecular flexibility index (Phi) is 6.34. The molecule has 5 nitrogen and oxygen atoms in total. The molecule has 28 heavy (non-hydrogen) atoms. The summed E-state index contributed by atoms with van der Waals surface area (Å²) in [6, 6.07) is 14.4. The van der Waals surface area contributed by atoms with Gasteiger partial charge in [-0.05, 0) is 38.1 Å². The maximum atomic E-state index is 12.3. The van der Waals surface area contributed by atoms with E-state index in [4.69, 9.17) is 4.74 Å². The van der Waals surface area contributed by atoms with Crippen molar-refractivity contribution in [2.45, 2.75) is 20.5 Å². The highest BCUT2D eigenvalue weighted by molar-refractivity contribution is 7.09. The molecule has 0 aliphatic carbocycles. The van der Waals surface area contributed by atoms with Gasteiger partial charge in [-0.1, -0.05) is 30.3 Å². The fourth-order valence-electron chi connectivity index (χ4n) is 2.61. The molecule has 0 fully saturated rings. The first kappa shape index (κ1) is 19.5. The van der Waals surface area contributed by atoms with Crippen molar-refractivity contribution in [2.75, 3.05) is 5.32 Å². The Hall–Kier alpha value is -3.25. The number of ketones is 1. The number of amides is 1. The molecular weight excluding hydrogens is 372 g/mol. The van der Waals surface area contributed by atoms with Crippen molar-refractivity contribution >= 4 is 34.8 Å². The number of nitrogens with one attached hydrogen (secondary N) is 1. The summed E-state index contributed by atoms with van der Waals surface area (Å²) in [6.07, 6.45) is 3.11. The predicted octanol–water partition coefficient (Wildman–Crippen LogP) is 4.89. The maximum absolute atomic E-state index is 12.3. The summed E-state index contributed by atoms with van der Waals surface area (Å²) in [5, 5.41) is 5.71. The van der Waals surface area contributed by atoms with Crippen molar-refractivity contribution in [3.63, 3.8) is 0 Å². The number of carbonyl (C=O) groups is 2. The molecule has 0 radical (unpaired) electrons. The molecule has 0 unspecified atom stereocenters. The molecule has 1 N–H and O–H groups in total. The van der Waals surface area contributed by atoms with Crippen molar-refractivity contribution < 1.29 is 14.3 Å². The number of anilines is 1. The number of aryl methyl sites for hydroxylation is 1. The second-order valence-electron chi connectivity index (χ2n) is 6.11. The number of ether oxygens (including phenoxy) is 1. The monoisotopic (exact) mass is 392 g/mol. The standard InChI is InChI=1S/C22H20N2O3S/c1-15(25)19-8-4-5-9-20(19)24-22(26)12-11-17-7-3-6-10-21(17)27-13-18-14-28-16(2)23-18/h3-12,14H,13H2,1-2H3,(H,24,26)/b12-11+. The summed E-state index contributed by atoms with van der Waals surface area (Å²) in [5.41, 5.74) is 2.63. The minimum absolute atomic E-state index is 0.101. The molecule has 0 spiro atoms. The van der Waals surface area contributed by atoms with Crippen LogP contribution < -0.4 is 10.1 Å². The van der Waals surface area contributed by atoms with Crippen LogP contribution in [0.1, 0.15) is 33.5 Å². The minimum Gasteiger partial charge on any atom is -0.487 e. The summed E-state index contributed by atoms with van der Waals surface area (Å²) >= 11 is 1.58. The zero-order valence-corrected chi connectivity index (χ0v) is 16.5. The molecule has 0 aliphatic rings. The van der Waals surface area contributed by atoms with E-state index in [-0.39, 0.29) is 11.7 Å². The lowest BCUT2D eigenvalue weighted by Crippen LogP contribution is -2.11. The van der Waals surface area contributed by atoms with E-state index in [0.717, 1.165) is 16.3 Å². The Morgan fingerprint density at radius 3 is 2.64 bits per heavy atom. The van der Waals surface area contributed by atoms with Gasteiger partial charge in [-0.2, -0.15) is 0 Å². The van der Waals surface area contributed by atoms with Crippen LogP contribution in [0.25, 0.3) is 6.08 Å². The number of benzene rings is 2. The average Bonchev–Trinajstić information content (AvgIpc) is 3.11. The SMILES string of the molecule is CC(=O)c1ccccc1NC(=O)/C=C/c1ccccc1OCc1csc(C)n1. The van der Waals surface area contributed by atoms with Crippen molar-refractivity contribution in [2.24, 2.45) is 0 Å². The highest BCUT2D eigenvalue weighted by atomic mass is 32.1.